The molecule has 0 radical (unpaired) electrons. The van der Waals surface area contributed by atoms with Crippen molar-refractivity contribution < 1.29 is 6.27 Å². The largest absolute Gasteiger partial charge is 0.337 e. The average molecular weight is 538 g/mol. The van der Waals surface area contributed by atoms with Crippen molar-refractivity contribution in [2.45, 2.75) is 219 Å². The molecule has 0 heterocycles. The topological polar surface area (TPSA) is 4.44 Å². The molecule has 0 aromatic rings. The van der Waals surface area contributed by atoms with Gasteiger partial charge in [-0.2, -0.15) is 0 Å². The van der Waals surface area contributed by atoms with Crippen LogP contribution in [-0.4, -0.2) is 20.1 Å². The Kier molecular flexibility index (Phi) is 33.1. The third kappa shape index (κ3) is 34.0. The first-order valence-corrected chi connectivity index (χ1v) is 18.5. The average Bonchev–Trinajstić information content (AvgIpc) is 2.94. The predicted octanol–water partition coefficient (Wildman–Crippen LogP) is 12.0. The molecule has 0 bridgehead atoms. The van der Waals surface area contributed by atoms with E-state index >= 15 is 0 Å². The highest BCUT2D eigenvalue weighted by atomic mass is 15.1. The van der Waals surface area contributed by atoms with E-state index in [0.717, 1.165) is 6.42 Å². The van der Waals surface area contributed by atoms with E-state index in [1.807, 2.05) is 0 Å². The van der Waals surface area contributed by atoms with E-state index in [4.69, 9.17) is 1.37 Å². The first kappa shape index (κ1) is 36.0. The fraction of sp³-hybridized carbons (Fsp3) is 1.00. The molecule has 230 valence electrons. The minimum absolute atomic E-state index is 0.100. The summed E-state index contributed by atoms with van der Waals surface area (Å²) in [5.74, 6) is 0. The lowest BCUT2D eigenvalue weighted by atomic mass is 10.0. The van der Waals surface area contributed by atoms with E-state index in [1.54, 1.807) is 0 Å². The zero-order valence-electron chi connectivity index (χ0n) is 28.4. The third-order valence-corrected chi connectivity index (χ3v) is 8.73. The van der Waals surface area contributed by atoms with Gasteiger partial charge in [0.05, 0.1) is 21.5 Å². The molecule has 0 aliphatic heterocycles. The molecule has 0 aromatic heterocycles. The van der Waals surface area contributed by atoms with Gasteiger partial charge in [-0.25, -0.2) is 0 Å². The van der Waals surface area contributed by atoms with Crippen molar-refractivity contribution in [2.75, 3.05) is 20.1 Å². The second-order valence-corrected chi connectivity index (χ2v) is 12.8. The van der Waals surface area contributed by atoms with E-state index in [2.05, 4.69) is 20.9 Å². The minimum atomic E-state index is 0.100. The molecule has 1 N–H and O–H groups in total. The third-order valence-electron chi connectivity index (χ3n) is 8.73. The lowest BCUT2D eigenvalue weighted by molar-refractivity contribution is -0.880. The molecule has 0 aliphatic carbocycles. The molecule has 0 aromatic carbocycles. The van der Waals surface area contributed by atoms with Crippen LogP contribution < -0.4 is 4.90 Å². The van der Waals surface area contributed by atoms with Crippen molar-refractivity contribution in [3.8, 4) is 0 Å². The summed E-state index contributed by atoms with van der Waals surface area (Å²) in [4.78, 5) is 1.45. The minimum Gasteiger partial charge on any atom is -0.337 e. The second kappa shape index (κ2) is 35.0. The lowest BCUT2D eigenvalue weighted by Crippen LogP contribution is -3.09. The molecule has 38 heavy (non-hydrogen) atoms. The molecule has 0 amide bonds. The van der Waals surface area contributed by atoms with Crippen LogP contribution in [-0.2, 0) is 0 Å². The molecule has 0 spiro atoms. The van der Waals surface area contributed by atoms with Crippen molar-refractivity contribution in [1.82, 2.24) is 0 Å². The highest BCUT2D eigenvalue weighted by Crippen LogP contribution is 2.15. The normalized spacial score (nSPS) is 13.6. The van der Waals surface area contributed by atoms with Crippen LogP contribution in [0.4, 0.5) is 0 Å². The first-order valence-electron chi connectivity index (χ1n) is 19.0. The van der Waals surface area contributed by atoms with Crippen LogP contribution in [0.5, 0.6) is 0 Å². The van der Waals surface area contributed by atoms with Gasteiger partial charge in [0.15, 0.2) is 0 Å². The first-order chi connectivity index (χ1) is 19.2. The summed E-state index contributed by atoms with van der Waals surface area (Å²) in [5, 5.41) is 0. The summed E-state index contributed by atoms with van der Waals surface area (Å²) in [6.45, 7) is 5.90. The van der Waals surface area contributed by atoms with Crippen LogP contribution in [0.1, 0.15) is 221 Å². The Morgan fingerprint density at radius 2 is 0.526 bits per heavy atom. The zero-order valence-corrected chi connectivity index (χ0v) is 27.4. The van der Waals surface area contributed by atoms with Gasteiger partial charge in [-0.1, -0.05) is 194 Å². The lowest BCUT2D eigenvalue weighted by Gasteiger charge is -2.13. The van der Waals surface area contributed by atoms with Gasteiger partial charge in [0.25, 0.3) is 0 Å². The Morgan fingerprint density at radius 1 is 0.316 bits per heavy atom. The second-order valence-electron chi connectivity index (χ2n) is 12.8. The highest BCUT2D eigenvalue weighted by molar-refractivity contribution is 4.51. The maximum Gasteiger partial charge on any atom is 0.0923 e. The Bertz CT molecular complexity index is 426. The van der Waals surface area contributed by atoms with Gasteiger partial charge in [0.2, 0.25) is 0 Å². The Hall–Kier alpha value is -0.0400. The fourth-order valence-electron chi connectivity index (χ4n) is 5.92. The molecule has 1 heteroatoms. The van der Waals surface area contributed by atoms with Gasteiger partial charge in [0, 0.05) is 0 Å². The number of quaternary nitrogens is 1. The van der Waals surface area contributed by atoms with Gasteiger partial charge in [0.1, 0.15) is 0 Å². The van der Waals surface area contributed by atoms with Crippen LogP contribution in [0.15, 0.2) is 0 Å². The van der Waals surface area contributed by atoms with Crippen molar-refractivity contribution in [3.05, 3.63) is 0 Å². The van der Waals surface area contributed by atoms with E-state index in [9.17, 15) is 0 Å². The van der Waals surface area contributed by atoms with Crippen LogP contribution >= 0.6 is 0 Å². The maximum atomic E-state index is 8.51. The summed E-state index contributed by atoms with van der Waals surface area (Å²) in [7, 11) is 2.26. The van der Waals surface area contributed by atoms with Crippen molar-refractivity contribution in [1.29, 1.82) is 0 Å². The zero-order chi connectivity index (χ0) is 28.5. The van der Waals surface area contributed by atoms with E-state index in [-0.39, 0.29) is 6.52 Å². The molecule has 0 saturated heterocycles. The molecule has 2 atom stereocenters. The summed E-state index contributed by atoms with van der Waals surface area (Å²) in [5.41, 5.74) is 0. The van der Waals surface area contributed by atoms with Crippen LogP contribution in [0.25, 0.3) is 0 Å². The van der Waals surface area contributed by atoms with Gasteiger partial charge in [-0.05, 0) is 25.7 Å². The number of unbranched alkanes of at least 4 members (excludes halogenated alkanes) is 29. The number of nitrogens with one attached hydrogen (secondary N) is 1. The van der Waals surface area contributed by atoms with E-state index in [1.165, 1.54) is 210 Å². The van der Waals surface area contributed by atoms with Crippen LogP contribution in [0, 0.1) is 0 Å². The molecule has 0 aliphatic rings. The molecular formula is C37H78N+. The molecule has 1 nitrogen and oxygen atoms in total. The van der Waals surface area contributed by atoms with Crippen molar-refractivity contribution in [3.63, 3.8) is 0 Å². The van der Waals surface area contributed by atoms with Crippen molar-refractivity contribution >= 4 is 0 Å². The molecular weight excluding hydrogens is 458 g/mol. The number of hydrogen-bond acceptors (Lipinski definition) is 0. The number of hydrogen-bond donors (Lipinski definition) is 1. The molecule has 0 saturated carbocycles. The maximum absolute atomic E-state index is 8.51. The van der Waals surface area contributed by atoms with Crippen LogP contribution in [0.3, 0.4) is 0 Å². The summed E-state index contributed by atoms with van der Waals surface area (Å²) < 4.78 is 8.51. The SMILES string of the molecule is [2H]C(CCCCCCCCCCCCCCCCC)[NH+](C)CCCCCCCCCCCCCCCCCC. The molecule has 0 fully saturated rings. The van der Waals surface area contributed by atoms with Gasteiger partial charge < -0.3 is 4.90 Å². The van der Waals surface area contributed by atoms with Crippen LogP contribution in [0.2, 0.25) is 0 Å². The summed E-state index contributed by atoms with van der Waals surface area (Å²) in [6, 6.07) is 0. The van der Waals surface area contributed by atoms with Gasteiger partial charge >= 0.3 is 0 Å². The predicted molar refractivity (Wildman–Crippen MR) is 176 cm³/mol. The smallest absolute Gasteiger partial charge is 0.0923 e. The van der Waals surface area contributed by atoms with E-state index in [0.29, 0.717) is 0 Å². The molecule has 0 rings (SSSR count). The van der Waals surface area contributed by atoms with Gasteiger partial charge in [-0.15, -0.1) is 0 Å². The van der Waals surface area contributed by atoms with Crippen molar-refractivity contribution in [2.24, 2.45) is 0 Å². The summed E-state index contributed by atoms with van der Waals surface area (Å²) >= 11 is 0. The Morgan fingerprint density at radius 3 is 0.789 bits per heavy atom. The quantitative estimate of drug-likeness (QED) is 0.0778. The monoisotopic (exact) mass is 538 g/mol. The van der Waals surface area contributed by atoms with E-state index < -0.39 is 0 Å². The fourth-order valence-corrected chi connectivity index (χ4v) is 5.92. The molecule has 2 unspecified atom stereocenters. The highest BCUT2D eigenvalue weighted by Gasteiger charge is 2.02. The Labute approximate surface area is 245 Å². The standard InChI is InChI=1S/C37H77N/c1-4-6-8-10-12-14-16-18-20-22-24-26-28-30-32-34-36-38(3)37-35-33-31-29-27-25-23-21-19-17-15-13-11-9-7-5-2/h4-37H2,1-3H3/p+1/i36D. The summed E-state index contributed by atoms with van der Waals surface area (Å²) in [6.07, 6.45) is 45.4. The Balaban J connectivity index is 3.26. The number of rotatable bonds is 34. The van der Waals surface area contributed by atoms with Gasteiger partial charge in [-0.3, -0.25) is 0 Å².